The second-order valence-electron chi connectivity index (χ2n) is 6.78. The monoisotopic (exact) mass is 510 g/mol. The average Bonchev–Trinajstić information content (AvgIpc) is 3.42. The molecule has 0 saturated carbocycles. The van der Waals surface area contributed by atoms with Crippen molar-refractivity contribution in [1.29, 1.82) is 0 Å². The Hall–Kier alpha value is -3.23. The number of fused-ring (bicyclic) bond motifs is 1. The van der Waals surface area contributed by atoms with Crippen molar-refractivity contribution in [2.75, 3.05) is 18.5 Å². The van der Waals surface area contributed by atoms with Crippen molar-refractivity contribution in [3.05, 3.63) is 44.5 Å². The molecule has 2 aromatic heterocycles. The van der Waals surface area contributed by atoms with E-state index in [9.17, 15) is 19.5 Å². The van der Waals surface area contributed by atoms with Gasteiger partial charge in [-0.15, -0.1) is 34.4 Å². The Morgan fingerprint density at radius 3 is 2.91 bits per heavy atom. The Labute approximate surface area is 204 Å². The van der Waals surface area contributed by atoms with Crippen molar-refractivity contribution in [3.63, 3.8) is 0 Å². The maximum absolute atomic E-state index is 12.9. The van der Waals surface area contributed by atoms with E-state index in [1.165, 1.54) is 28.5 Å². The molecule has 1 saturated heterocycles. The normalized spacial score (nSPS) is 22.3. The highest BCUT2D eigenvalue weighted by molar-refractivity contribution is 8.00. The first kappa shape index (κ1) is 19.3. The van der Waals surface area contributed by atoms with Crippen LogP contribution < -0.4 is 11.1 Å². The van der Waals surface area contributed by atoms with Gasteiger partial charge in [-0.25, -0.2) is 14.8 Å². The number of amides is 2. The number of carboxylic acids is 1. The third kappa shape index (κ3) is 4.36. The van der Waals surface area contributed by atoms with Crippen molar-refractivity contribution in [1.82, 2.24) is 20.2 Å². The van der Waals surface area contributed by atoms with Crippen LogP contribution >= 0.6 is 34.4 Å². The van der Waals surface area contributed by atoms with Crippen LogP contribution in [0.1, 0.15) is 20.4 Å². The molecule has 0 unspecified atom stereocenters. The molecule has 172 valence electrons. The second-order valence-corrected chi connectivity index (χ2v) is 9.66. The van der Waals surface area contributed by atoms with Gasteiger partial charge >= 0.3 is 5.97 Å². The van der Waals surface area contributed by atoms with Gasteiger partial charge in [0, 0.05) is 16.0 Å². The number of anilines is 1. The summed E-state index contributed by atoms with van der Waals surface area (Å²) >= 11 is 3.68. The Morgan fingerprint density at radius 1 is 1.45 bits per heavy atom. The van der Waals surface area contributed by atoms with Crippen molar-refractivity contribution in [3.8, 4) is 0 Å². The summed E-state index contributed by atoms with van der Waals surface area (Å²) in [7, 11) is -2.92. The number of thioether (sulfide) groups is 1. The van der Waals surface area contributed by atoms with Gasteiger partial charge in [0.05, 0.1) is 15.3 Å². The molecule has 11 nitrogen and oxygen atoms in total. The zero-order chi connectivity index (χ0) is 26.2. The number of nitrogens with zero attached hydrogens (tertiary/aromatic N) is 4. The molecule has 0 spiro atoms. The summed E-state index contributed by atoms with van der Waals surface area (Å²) < 4.78 is 21.4. The summed E-state index contributed by atoms with van der Waals surface area (Å²) in [6.45, 7) is 1.83. The Morgan fingerprint density at radius 2 is 2.27 bits per heavy atom. The van der Waals surface area contributed by atoms with Crippen LogP contribution in [-0.2, 0) is 19.2 Å². The van der Waals surface area contributed by atoms with E-state index in [0.717, 1.165) is 26.8 Å². The largest absolute Gasteiger partial charge is 0.477 e. The van der Waals surface area contributed by atoms with E-state index in [-0.39, 0.29) is 22.3 Å². The fourth-order valence-electron chi connectivity index (χ4n) is 3.27. The molecule has 4 heterocycles. The summed E-state index contributed by atoms with van der Waals surface area (Å²) in [5.74, 6) is -2.55. The van der Waals surface area contributed by atoms with Crippen molar-refractivity contribution in [2.45, 2.75) is 18.3 Å². The van der Waals surface area contributed by atoms with Gasteiger partial charge < -0.3 is 21.0 Å². The number of nitrogens with two attached hydrogens (primary N) is 1. The van der Waals surface area contributed by atoms with Gasteiger partial charge in [-0.05, 0) is 18.6 Å². The Balaban J connectivity index is 1.55. The lowest BCUT2D eigenvalue weighted by molar-refractivity contribution is -0.150. The Kier molecular flexibility index (Phi) is 5.44. The number of nitrogens with one attached hydrogen (secondary N) is 1. The van der Waals surface area contributed by atoms with Gasteiger partial charge in [0.2, 0.25) is 0 Å². The van der Waals surface area contributed by atoms with Crippen LogP contribution in [-0.4, -0.2) is 67.7 Å². The standard InChI is InChI=1S/C19H18N6O5S3/c1-8-11(33-7-21-8)4-3-9-5-31-17-13(16(27)25(17)14(9)18(28)29)23-15(26)12(24-30-2)10-6-32-19(20)22-10/h3-4,6-7,13,17H,5H2,1-2H3,(H2,20,22)(H,23,26)(H,28,29)/b4-3-,24-12-/t13-,17-/m1/s1/i2+1D3. The first-order valence-corrected chi connectivity index (χ1v) is 12.0. The number of carbonyl (C=O) groups excluding carboxylic acids is 2. The highest BCUT2D eigenvalue weighted by Gasteiger charge is 2.54. The molecule has 0 bridgehead atoms. The summed E-state index contributed by atoms with van der Waals surface area (Å²) in [6, 6.07) is -1.07. The number of aryl methyl sites for hydroxylation is 1. The fraction of sp³-hybridized carbons (Fsp3) is 0.263. The summed E-state index contributed by atoms with van der Waals surface area (Å²) in [5, 5.41) is 16.5. The lowest BCUT2D eigenvalue weighted by atomic mass is 10.0. The van der Waals surface area contributed by atoms with Crippen LogP contribution in [0, 0.1) is 6.92 Å². The molecular weight excluding hydrogens is 489 g/mol. The van der Waals surface area contributed by atoms with Crippen LogP contribution in [0.5, 0.6) is 0 Å². The van der Waals surface area contributed by atoms with Crippen molar-refractivity contribution >= 4 is 69.1 Å². The number of oxime groups is 1. The number of hydrogen-bond acceptors (Lipinski definition) is 11. The molecule has 14 heteroatoms. The first-order chi connectivity index (χ1) is 17.0. The van der Waals surface area contributed by atoms with Crippen LogP contribution in [0.4, 0.5) is 5.13 Å². The molecule has 4 rings (SSSR count). The second kappa shape index (κ2) is 9.33. The van der Waals surface area contributed by atoms with Gasteiger partial charge in [0.15, 0.2) is 10.8 Å². The van der Waals surface area contributed by atoms with Crippen molar-refractivity contribution in [2.24, 2.45) is 5.16 Å². The zero-order valence-electron chi connectivity index (χ0n) is 19.8. The molecule has 2 aliphatic rings. The molecule has 2 atom stereocenters. The van der Waals surface area contributed by atoms with E-state index in [4.69, 9.17) is 9.85 Å². The SMILES string of the molecule is [2H][13C]([2H])([2H])O/N=C(\C(=O)N[C@@H]1C(=O)N2C(C(=O)O)=C(/C=C\c3scnc3C)CS[C@H]12)c1csc(N)n1. The highest BCUT2D eigenvalue weighted by Crippen LogP contribution is 2.41. The number of carboxylic acid groups (broad SMARTS) is 1. The van der Waals surface area contributed by atoms with E-state index in [1.807, 2.05) is 6.92 Å². The number of allylic oxidation sites excluding steroid dienone is 1. The van der Waals surface area contributed by atoms with E-state index in [1.54, 1.807) is 17.7 Å². The third-order valence-corrected chi connectivity index (χ3v) is 7.69. The Bertz CT molecular complexity index is 1320. The van der Waals surface area contributed by atoms with E-state index in [2.05, 4.69) is 25.3 Å². The van der Waals surface area contributed by atoms with Crippen LogP contribution in [0.15, 0.2) is 33.4 Å². The molecule has 2 amide bonds. The number of β-lactam (4-membered cyclic amide) rings is 1. The molecule has 0 aromatic carbocycles. The van der Waals surface area contributed by atoms with E-state index >= 15 is 0 Å². The highest BCUT2D eigenvalue weighted by atomic mass is 32.2. The third-order valence-electron chi connectivity index (χ3n) is 4.82. The van der Waals surface area contributed by atoms with Gasteiger partial charge in [0.1, 0.15) is 29.8 Å². The molecule has 0 radical (unpaired) electrons. The zero-order valence-corrected chi connectivity index (χ0v) is 19.3. The molecule has 0 aliphatic carbocycles. The molecule has 2 aliphatic heterocycles. The number of aliphatic carboxylic acids is 1. The number of aromatic nitrogens is 2. The van der Waals surface area contributed by atoms with Crippen LogP contribution in [0.2, 0.25) is 0 Å². The molecule has 1 fully saturated rings. The minimum atomic E-state index is -2.92. The summed E-state index contributed by atoms with van der Waals surface area (Å²) in [5.41, 5.74) is 7.85. The van der Waals surface area contributed by atoms with E-state index < -0.39 is 41.9 Å². The van der Waals surface area contributed by atoms with Gasteiger partial charge in [0.25, 0.3) is 11.8 Å². The van der Waals surface area contributed by atoms with Crippen LogP contribution in [0.3, 0.4) is 0 Å². The van der Waals surface area contributed by atoms with Gasteiger partial charge in [-0.3, -0.25) is 14.5 Å². The quantitative estimate of drug-likeness (QED) is 0.216. The fourth-order valence-corrected chi connectivity index (χ4v) is 5.84. The van der Waals surface area contributed by atoms with Gasteiger partial charge in [-0.1, -0.05) is 11.2 Å². The van der Waals surface area contributed by atoms with Crippen LogP contribution in [0.25, 0.3) is 6.08 Å². The maximum Gasteiger partial charge on any atom is 0.352 e. The van der Waals surface area contributed by atoms with E-state index in [0.29, 0.717) is 5.57 Å². The molecule has 4 N–H and O–H groups in total. The minimum absolute atomic E-state index is 0.0314. The average molecular weight is 511 g/mol. The molecular formula is C19H18N6O5S3. The summed E-state index contributed by atoms with van der Waals surface area (Å²) in [6.07, 6.45) is 3.40. The number of nitrogen functional groups attached to an aromatic ring is 1. The summed E-state index contributed by atoms with van der Waals surface area (Å²) in [4.78, 5) is 52.4. The minimum Gasteiger partial charge on any atom is -0.477 e. The number of hydrogen-bond donors (Lipinski definition) is 3. The maximum atomic E-state index is 12.9. The lowest BCUT2D eigenvalue weighted by Crippen LogP contribution is -2.71. The molecule has 2 aromatic rings. The topological polar surface area (TPSA) is 160 Å². The smallest absolute Gasteiger partial charge is 0.352 e. The molecule has 33 heavy (non-hydrogen) atoms. The number of rotatable bonds is 7. The van der Waals surface area contributed by atoms with Gasteiger partial charge in [-0.2, -0.15) is 0 Å². The lowest BCUT2D eigenvalue weighted by Gasteiger charge is -2.49. The first-order valence-electron chi connectivity index (χ1n) is 10.7. The predicted octanol–water partition coefficient (Wildman–Crippen LogP) is 1.29. The predicted molar refractivity (Wildman–Crippen MR) is 126 cm³/mol. The van der Waals surface area contributed by atoms with Crippen molar-refractivity contribution < 1.29 is 28.4 Å². The number of carbonyl (C=O) groups is 3. The number of thiazole rings is 2.